The molecule has 4 aromatic carbocycles. The lowest BCUT2D eigenvalue weighted by atomic mass is 9.90. The van der Waals surface area contributed by atoms with Crippen molar-refractivity contribution in [3.05, 3.63) is 120 Å². The summed E-state index contributed by atoms with van der Waals surface area (Å²) in [4.78, 5) is 17.2. The fraction of sp³-hybridized carbons (Fsp3) is 0.107. The molecular weight excluding hydrogens is 412 g/mol. The predicted octanol–water partition coefficient (Wildman–Crippen LogP) is 5.67. The molecule has 0 aliphatic carbocycles. The van der Waals surface area contributed by atoms with Crippen LogP contribution >= 0.6 is 0 Å². The number of phenolic OH excluding ortho intramolecular Hbond substituents is 1. The standard InChI is InChI=1S/C28H24N2O3/c1-29(2)21-14-12-20(13-15-21)28(26-11-7-6-10-25(26)27(32)33-28)30(22-8-4-3-5-9-22)23-16-18-24(31)19-17-23/h3-19,31H,1-2H3. The van der Waals surface area contributed by atoms with Gasteiger partial charge in [-0.1, -0.05) is 48.5 Å². The lowest BCUT2D eigenvalue weighted by Crippen LogP contribution is -2.45. The maximum Gasteiger partial charge on any atom is 0.341 e. The summed E-state index contributed by atoms with van der Waals surface area (Å²) in [6.45, 7) is 0. The number of ether oxygens (including phenoxy) is 1. The number of rotatable bonds is 5. The van der Waals surface area contributed by atoms with Crippen molar-refractivity contribution in [3.8, 4) is 5.75 Å². The van der Waals surface area contributed by atoms with E-state index in [9.17, 15) is 9.90 Å². The molecule has 1 unspecified atom stereocenters. The highest BCUT2D eigenvalue weighted by atomic mass is 16.6. The topological polar surface area (TPSA) is 53.0 Å². The molecule has 5 rings (SSSR count). The van der Waals surface area contributed by atoms with Gasteiger partial charge in [-0.3, -0.25) is 4.90 Å². The lowest BCUT2D eigenvalue weighted by molar-refractivity contribution is 0.0134. The number of phenols is 1. The highest BCUT2D eigenvalue weighted by Gasteiger charge is 2.52. The number of carbonyl (C=O) groups is 1. The Balaban J connectivity index is 1.82. The number of aromatic hydroxyl groups is 1. The van der Waals surface area contributed by atoms with E-state index < -0.39 is 5.72 Å². The highest BCUT2D eigenvalue weighted by molar-refractivity contribution is 5.96. The molecule has 5 heteroatoms. The number of anilines is 3. The third-order valence-corrected chi connectivity index (χ3v) is 5.96. The van der Waals surface area contributed by atoms with E-state index in [1.54, 1.807) is 18.2 Å². The van der Waals surface area contributed by atoms with Crippen molar-refractivity contribution in [2.75, 3.05) is 23.9 Å². The van der Waals surface area contributed by atoms with Crippen LogP contribution < -0.4 is 9.80 Å². The van der Waals surface area contributed by atoms with Crippen LogP contribution in [-0.4, -0.2) is 25.2 Å². The highest BCUT2D eigenvalue weighted by Crippen LogP contribution is 2.50. The molecule has 0 radical (unpaired) electrons. The van der Waals surface area contributed by atoms with Crippen molar-refractivity contribution in [1.29, 1.82) is 0 Å². The second-order valence-corrected chi connectivity index (χ2v) is 8.21. The second-order valence-electron chi connectivity index (χ2n) is 8.21. The van der Waals surface area contributed by atoms with E-state index in [2.05, 4.69) is 0 Å². The van der Waals surface area contributed by atoms with E-state index in [1.807, 2.05) is 109 Å². The summed E-state index contributed by atoms with van der Waals surface area (Å²) >= 11 is 0. The van der Waals surface area contributed by atoms with Crippen LogP contribution in [0.2, 0.25) is 0 Å². The fourth-order valence-electron chi connectivity index (χ4n) is 4.39. The number of cyclic esters (lactones) is 1. The van der Waals surface area contributed by atoms with E-state index in [1.165, 1.54) is 0 Å². The quantitative estimate of drug-likeness (QED) is 0.409. The van der Waals surface area contributed by atoms with Crippen LogP contribution in [0.4, 0.5) is 17.1 Å². The summed E-state index contributed by atoms with van der Waals surface area (Å²) in [7, 11) is 3.98. The zero-order chi connectivity index (χ0) is 23.0. The second kappa shape index (κ2) is 8.02. The molecule has 1 N–H and O–H groups in total. The molecule has 0 spiro atoms. The molecule has 0 fully saturated rings. The zero-order valence-electron chi connectivity index (χ0n) is 18.5. The first kappa shape index (κ1) is 20.6. The number of hydrogen-bond acceptors (Lipinski definition) is 5. The SMILES string of the molecule is CN(C)c1ccc(C2(N(c3ccccc3)c3ccc(O)cc3)OC(=O)c3ccccc32)cc1. The van der Waals surface area contributed by atoms with Gasteiger partial charge < -0.3 is 14.7 Å². The largest absolute Gasteiger partial charge is 0.508 e. The first-order valence-corrected chi connectivity index (χ1v) is 10.8. The summed E-state index contributed by atoms with van der Waals surface area (Å²) in [5.41, 5.74) is 3.57. The summed E-state index contributed by atoms with van der Waals surface area (Å²) < 4.78 is 6.32. The molecule has 0 saturated carbocycles. The molecule has 1 aliphatic rings. The maximum absolute atomic E-state index is 13.2. The van der Waals surface area contributed by atoms with Gasteiger partial charge in [0.15, 0.2) is 0 Å². The molecule has 164 valence electrons. The maximum atomic E-state index is 13.2. The average Bonchev–Trinajstić information content (AvgIpc) is 3.14. The molecule has 0 bridgehead atoms. The first-order valence-electron chi connectivity index (χ1n) is 10.8. The van der Waals surface area contributed by atoms with Crippen molar-refractivity contribution in [3.63, 3.8) is 0 Å². The normalized spacial score (nSPS) is 16.7. The van der Waals surface area contributed by atoms with Gasteiger partial charge in [0, 0.05) is 42.3 Å². The Bertz CT molecular complexity index is 1290. The van der Waals surface area contributed by atoms with Gasteiger partial charge in [0.2, 0.25) is 5.72 Å². The van der Waals surface area contributed by atoms with Crippen molar-refractivity contribution in [2.24, 2.45) is 0 Å². The van der Waals surface area contributed by atoms with Gasteiger partial charge in [0.25, 0.3) is 0 Å². The summed E-state index contributed by atoms with van der Waals surface area (Å²) in [5, 5.41) is 9.93. The predicted molar refractivity (Wildman–Crippen MR) is 130 cm³/mol. The van der Waals surface area contributed by atoms with Gasteiger partial charge in [-0.25, -0.2) is 4.79 Å². The van der Waals surface area contributed by atoms with Gasteiger partial charge >= 0.3 is 5.97 Å². The molecular formula is C28H24N2O3. The minimum atomic E-state index is -1.23. The third kappa shape index (κ3) is 3.38. The minimum Gasteiger partial charge on any atom is -0.508 e. The smallest absolute Gasteiger partial charge is 0.341 e. The van der Waals surface area contributed by atoms with Crippen LogP contribution in [0.15, 0.2) is 103 Å². The average molecular weight is 437 g/mol. The van der Waals surface area contributed by atoms with Crippen LogP contribution in [-0.2, 0) is 10.5 Å². The number of benzene rings is 4. The van der Waals surface area contributed by atoms with Gasteiger partial charge in [0.1, 0.15) is 5.75 Å². The molecule has 0 aromatic heterocycles. The van der Waals surface area contributed by atoms with Crippen LogP contribution in [0.5, 0.6) is 5.75 Å². The number of para-hydroxylation sites is 1. The minimum absolute atomic E-state index is 0.167. The Kier molecular flexibility index (Phi) is 5.02. The number of hydrogen-bond donors (Lipinski definition) is 1. The molecule has 4 aromatic rings. The molecule has 0 saturated heterocycles. The Morgan fingerprint density at radius 1 is 0.697 bits per heavy atom. The molecule has 0 amide bonds. The van der Waals surface area contributed by atoms with Crippen LogP contribution in [0.25, 0.3) is 0 Å². The third-order valence-electron chi connectivity index (χ3n) is 5.96. The van der Waals surface area contributed by atoms with Crippen molar-refractivity contribution in [2.45, 2.75) is 5.72 Å². The molecule has 1 heterocycles. The zero-order valence-corrected chi connectivity index (χ0v) is 18.5. The van der Waals surface area contributed by atoms with E-state index in [0.717, 1.165) is 28.2 Å². The molecule has 1 aliphatic heterocycles. The number of fused-ring (bicyclic) bond motifs is 1. The van der Waals surface area contributed by atoms with E-state index in [-0.39, 0.29) is 11.7 Å². The Labute approximate surface area is 193 Å². The van der Waals surface area contributed by atoms with Crippen LogP contribution in [0.1, 0.15) is 21.5 Å². The Morgan fingerprint density at radius 2 is 1.27 bits per heavy atom. The summed E-state index contributed by atoms with van der Waals surface area (Å²) in [6.07, 6.45) is 0. The molecule has 33 heavy (non-hydrogen) atoms. The van der Waals surface area contributed by atoms with Gasteiger partial charge in [0.05, 0.1) is 5.56 Å². The van der Waals surface area contributed by atoms with Crippen molar-refractivity contribution < 1.29 is 14.6 Å². The molecule has 5 nitrogen and oxygen atoms in total. The fourth-order valence-corrected chi connectivity index (χ4v) is 4.39. The first-order chi connectivity index (χ1) is 16.0. The van der Waals surface area contributed by atoms with Gasteiger partial charge in [-0.05, 0) is 54.6 Å². The van der Waals surface area contributed by atoms with Crippen LogP contribution in [0, 0.1) is 0 Å². The summed E-state index contributed by atoms with van der Waals surface area (Å²) in [6, 6.07) is 32.3. The number of carbonyl (C=O) groups excluding carboxylic acids is 1. The van der Waals surface area contributed by atoms with E-state index in [4.69, 9.17) is 4.74 Å². The molecule has 1 atom stereocenters. The number of nitrogens with zero attached hydrogens (tertiary/aromatic N) is 2. The van der Waals surface area contributed by atoms with E-state index in [0.29, 0.717) is 5.56 Å². The van der Waals surface area contributed by atoms with Crippen molar-refractivity contribution >= 4 is 23.0 Å². The van der Waals surface area contributed by atoms with Crippen LogP contribution in [0.3, 0.4) is 0 Å². The lowest BCUT2D eigenvalue weighted by Gasteiger charge is -2.42. The van der Waals surface area contributed by atoms with Gasteiger partial charge in [-0.2, -0.15) is 0 Å². The summed E-state index contributed by atoms with van der Waals surface area (Å²) in [5.74, 6) is -0.207. The van der Waals surface area contributed by atoms with Crippen molar-refractivity contribution in [1.82, 2.24) is 0 Å². The van der Waals surface area contributed by atoms with E-state index >= 15 is 0 Å². The van der Waals surface area contributed by atoms with Gasteiger partial charge in [-0.15, -0.1) is 0 Å². The number of esters is 1. The monoisotopic (exact) mass is 436 g/mol. The Hall–Kier alpha value is -4.25. The Morgan fingerprint density at radius 3 is 1.94 bits per heavy atom.